The van der Waals surface area contributed by atoms with Crippen molar-refractivity contribution in [1.82, 2.24) is 4.90 Å². The predicted octanol–water partition coefficient (Wildman–Crippen LogP) is 1.13. The molecule has 0 radical (unpaired) electrons. The van der Waals surface area contributed by atoms with Crippen LogP contribution in [0.25, 0.3) is 0 Å². The lowest BCUT2D eigenvalue weighted by atomic mass is 10.1. The van der Waals surface area contributed by atoms with Gasteiger partial charge in [0.25, 0.3) is 0 Å². The fourth-order valence-electron chi connectivity index (χ4n) is 0.879. The summed E-state index contributed by atoms with van der Waals surface area (Å²) in [5.74, 6) is -0.00523. The number of hydrogen-bond donors (Lipinski definition) is 0. The lowest BCUT2D eigenvalue weighted by Gasteiger charge is -2.15. The molecule has 2 nitrogen and oxygen atoms in total. The number of hydrogen-bond acceptors (Lipinski definition) is 2. The van der Waals surface area contributed by atoms with Crippen molar-refractivity contribution >= 4 is 5.78 Å². The molecule has 11 heavy (non-hydrogen) atoms. The molecule has 0 bridgehead atoms. The van der Waals surface area contributed by atoms with Gasteiger partial charge in [-0.1, -0.05) is 12.7 Å². The summed E-state index contributed by atoms with van der Waals surface area (Å²) in [6.07, 6.45) is 6.91. The lowest BCUT2D eigenvalue weighted by molar-refractivity contribution is -0.111. The topological polar surface area (TPSA) is 20.3 Å². The number of ketones is 1. The molecule has 0 fully saturated rings. The van der Waals surface area contributed by atoms with Gasteiger partial charge >= 0.3 is 0 Å². The van der Waals surface area contributed by atoms with Crippen molar-refractivity contribution in [3.63, 3.8) is 0 Å². The van der Waals surface area contributed by atoms with Crippen LogP contribution < -0.4 is 0 Å². The first kappa shape index (κ1) is 7.79. The molecule has 0 N–H and O–H groups in total. The van der Waals surface area contributed by atoms with Gasteiger partial charge in [-0.2, -0.15) is 0 Å². The Balaban J connectivity index is 2.70. The Hall–Kier alpha value is -1.31. The highest BCUT2D eigenvalue weighted by Crippen LogP contribution is 2.06. The third kappa shape index (κ3) is 1.80. The van der Waals surface area contributed by atoms with E-state index in [9.17, 15) is 4.79 Å². The van der Waals surface area contributed by atoms with E-state index in [2.05, 4.69) is 6.58 Å². The van der Waals surface area contributed by atoms with Gasteiger partial charge in [-0.3, -0.25) is 4.79 Å². The largest absolute Gasteiger partial charge is 0.377 e. The summed E-state index contributed by atoms with van der Waals surface area (Å²) in [5, 5.41) is 0. The average Bonchev–Trinajstić information content (AvgIpc) is 2.05. The van der Waals surface area contributed by atoms with E-state index in [1.54, 1.807) is 6.08 Å². The zero-order valence-corrected chi connectivity index (χ0v) is 6.58. The minimum atomic E-state index is -0.00523. The highest BCUT2D eigenvalue weighted by molar-refractivity contribution is 6.05. The van der Waals surface area contributed by atoms with Crippen LogP contribution >= 0.6 is 0 Å². The summed E-state index contributed by atoms with van der Waals surface area (Å²) in [7, 11) is 1.96. The zero-order valence-electron chi connectivity index (χ0n) is 6.58. The Morgan fingerprint density at radius 1 is 1.82 bits per heavy atom. The molecule has 58 valence electrons. The number of carbonyl (C=O) groups excluding carboxylic acids is 1. The predicted molar refractivity (Wildman–Crippen MR) is 45.1 cm³/mol. The van der Waals surface area contributed by atoms with Crippen LogP contribution in [0.1, 0.15) is 0 Å². The summed E-state index contributed by atoms with van der Waals surface area (Å²) in [4.78, 5) is 13.0. The number of nitrogens with zero attached hydrogens (tertiary/aromatic N) is 1. The van der Waals surface area contributed by atoms with Crippen LogP contribution in [0.15, 0.2) is 36.6 Å². The molecule has 1 heterocycles. The van der Waals surface area contributed by atoms with Gasteiger partial charge in [0, 0.05) is 19.2 Å². The minimum Gasteiger partial charge on any atom is -0.377 e. The normalized spacial score (nSPS) is 16.1. The zero-order chi connectivity index (χ0) is 8.27. The Kier molecular flexibility index (Phi) is 2.26. The molecule has 1 rings (SSSR count). The van der Waals surface area contributed by atoms with Gasteiger partial charge < -0.3 is 4.90 Å². The Morgan fingerprint density at radius 2 is 2.55 bits per heavy atom. The van der Waals surface area contributed by atoms with Crippen molar-refractivity contribution in [2.75, 3.05) is 13.6 Å². The molecular weight excluding hydrogens is 138 g/mol. The van der Waals surface area contributed by atoms with Crippen LogP contribution in [0.2, 0.25) is 0 Å². The molecule has 0 saturated heterocycles. The van der Waals surface area contributed by atoms with Crippen molar-refractivity contribution in [2.24, 2.45) is 0 Å². The number of likely N-dealkylation sites (N-methyl/N-ethyl adjacent to an activating group) is 1. The third-order valence-electron chi connectivity index (χ3n) is 1.58. The van der Waals surface area contributed by atoms with Crippen LogP contribution in [0.3, 0.4) is 0 Å². The molecule has 0 aromatic carbocycles. The van der Waals surface area contributed by atoms with E-state index in [0.717, 1.165) is 12.1 Å². The first-order chi connectivity index (χ1) is 5.24. The van der Waals surface area contributed by atoms with Gasteiger partial charge in [0.1, 0.15) is 0 Å². The Bertz CT molecular complexity index is 238. The van der Waals surface area contributed by atoms with Gasteiger partial charge in [-0.05, 0) is 18.4 Å². The van der Waals surface area contributed by atoms with Crippen LogP contribution in [-0.4, -0.2) is 24.3 Å². The number of allylic oxidation sites excluding steroid dienone is 3. The van der Waals surface area contributed by atoms with Crippen LogP contribution in [0, 0.1) is 0 Å². The molecule has 1 aliphatic rings. The molecule has 0 atom stereocenters. The highest BCUT2D eigenvalue weighted by Gasteiger charge is 2.04. The number of carbonyl (C=O) groups is 1. The lowest BCUT2D eigenvalue weighted by Crippen LogP contribution is -2.15. The van der Waals surface area contributed by atoms with Crippen molar-refractivity contribution in [3.05, 3.63) is 36.6 Å². The molecule has 2 heteroatoms. The van der Waals surface area contributed by atoms with E-state index >= 15 is 0 Å². The summed E-state index contributed by atoms with van der Waals surface area (Å²) in [5.41, 5.74) is 0.734. The minimum absolute atomic E-state index is 0.00523. The Labute approximate surface area is 66.5 Å². The molecule has 1 aliphatic heterocycles. The smallest absolute Gasteiger partial charge is 0.185 e. The van der Waals surface area contributed by atoms with Crippen LogP contribution in [0.4, 0.5) is 0 Å². The molecular formula is C9H11NO. The second kappa shape index (κ2) is 3.19. The Morgan fingerprint density at radius 3 is 3.00 bits per heavy atom. The van der Waals surface area contributed by atoms with E-state index in [0.29, 0.717) is 0 Å². The molecule has 0 aromatic heterocycles. The van der Waals surface area contributed by atoms with Gasteiger partial charge in [0.05, 0.1) is 0 Å². The second-order valence-corrected chi connectivity index (χ2v) is 2.48. The first-order valence-corrected chi connectivity index (χ1v) is 3.49. The van der Waals surface area contributed by atoms with Gasteiger partial charge in [-0.15, -0.1) is 0 Å². The van der Waals surface area contributed by atoms with Gasteiger partial charge in [0.2, 0.25) is 0 Å². The maximum Gasteiger partial charge on any atom is 0.185 e. The third-order valence-corrected chi connectivity index (χ3v) is 1.58. The van der Waals surface area contributed by atoms with Crippen molar-refractivity contribution < 1.29 is 4.79 Å². The maximum absolute atomic E-state index is 11.0. The molecule has 0 unspecified atom stereocenters. The molecule has 0 aromatic rings. The summed E-state index contributed by atoms with van der Waals surface area (Å²) in [6.45, 7) is 4.21. The quantitative estimate of drug-likeness (QED) is 0.548. The van der Waals surface area contributed by atoms with E-state index < -0.39 is 0 Å². The van der Waals surface area contributed by atoms with Crippen LogP contribution in [-0.2, 0) is 4.79 Å². The van der Waals surface area contributed by atoms with Crippen molar-refractivity contribution in [3.8, 4) is 0 Å². The van der Waals surface area contributed by atoms with Crippen molar-refractivity contribution in [1.29, 1.82) is 0 Å². The summed E-state index contributed by atoms with van der Waals surface area (Å²) in [6, 6.07) is 0. The maximum atomic E-state index is 11.0. The fourth-order valence-corrected chi connectivity index (χ4v) is 0.879. The van der Waals surface area contributed by atoms with E-state index in [4.69, 9.17) is 0 Å². The number of rotatable bonds is 2. The first-order valence-electron chi connectivity index (χ1n) is 3.49. The molecule has 0 aliphatic carbocycles. The van der Waals surface area contributed by atoms with Gasteiger partial charge in [-0.25, -0.2) is 0 Å². The van der Waals surface area contributed by atoms with Crippen LogP contribution in [0.5, 0.6) is 0 Å². The SMILES string of the molecule is C=CC(=O)C1=CCN(C)C=C1. The molecule has 0 amide bonds. The van der Waals surface area contributed by atoms with E-state index in [-0.39, 0.29) is 5.78 Å². The fraction of sp³-hybridized carbons (Fsp3) is 0.222. The monoisotopic (exact) mass is 149 g/mol. The highest BCUT2D eigenvalue weighted by atomic mass is 16.1. The standard InChI is InChI=1S/C9H11NO/c1-3-9(11)8-4-6-10(2)7-5-8/h3-6H,1,7H2,2H3. The van der Waals surface area contributed by atoms with E-state index in [1.165, 1.54) is 6.08 Å². The summed E-state index contributed by atoms with van der Waals surface area (Å²) < 4.78 is 0. The summed E-state index contributed by atoms with van der Waals surface area (Å²) >= 11 is 0. The second-order valence-electron chi connectivity index (χ2n) is 2.48. The molecule has 0 spiro atoms. The van der Waals surface area contributed by atoms with E-state index in [1.807, 2.05) is 24.2 Å². The molecule has 0 saturated carbocycles. The average molecular weight is 149 g/mol. The van der Waals surface area contributed by atoms with Crippen molar-refractivity contribution in [2.45, 2.75) is 0 Å². The van der Waals surface area contributed by atoms with Gasteiger partial charge in [0.15, 0.2) is 5.78 Å².